The van der Waals surface area contributed by atoms with Gasteiger partial charge in [-0.1, -0.05) is 36.4 Å². The fraction of sp³-hybridized carbons (Fsp3) is 0. The normalized spacial score (nSPS) is 14.3. The molecular formula is C23H14I2N2O3S. The Labute approximate surface area is 211 Å². The lowest BCUT2D eigenvalue weighted by Crippen LogP contribution is -2.56. The maximum absolute atomic E-state index is 13.4. The summed E-state index contributed by atoms with van der Waals surface area (Å²) in [6.45, 7) is 0. The number of rotatable bonds is 3. The van der Waals surface area contributed by atoms with Crippen LogP contribution in [0.4, 0.5) is 11.4 Å². The van der Waals surface area contributed by atoms with Crippen LogP contribution in [0.5, 0.6) is 5.75 Å². The monoisotopic (exact) mass is 652 g/mol. The van der Waals surface area contributed by atoms with Crippen LogP contribution in [-0.2, 0) is 9.59 Å². The molecular weight excluding hydrogens is 638 g/mol. The number of amides is 2. The van der Waals surface area contributed by atoms with E-state index in [1.54, 1.807) is 42.5 Å². The summed E-state index contributed by atoms with van der Waals surface area (Å²) in [4.78, 5) is 29.6. The SMILES string of the molecule is O=C1C(=Cc2cc(I)c(O)c(I)c2)C(=O)N(c2ccccc2)C(=S)N1c1ccccc1. The first-order valence-electron chi connectivity index (χ1n) is 9.11. The summed E-state index contributed by atoms with van der Waals surface area (Å²) in [5, 5.41) is 10.2. The van der Waals surface area contributed by atoms with Gasteiger partial charge in [-0.15, -0.1) is 0 Å². The topological polar surface area (TPSA) is 60.9 Å². The van der Waals surface area contributed by atoms with E-state index in [2.05, 4.69) is 0 Å². The largest absolute Gasteiger partial charge is 0.506 e. The number of phenols is 1. The summed E-state index contributed by atoms with van der Waals surface area (Å²) >= 11 is 9.62. The number of carbonyl (C=O) groups is 2. The van der Waals surface area contributed by atoms with Gasteiger partial charge in [-0.05, 0) is 105 Å². The molecule has 3 aromatic rings. The highest BCUT2D eigenvalue weighted by Crippen LogP contribution is 2.32. The summed E-state index contributed by atoms with van der Waals surface area (Å²) in [6.07, 6.45) is 1.54. The van der Waals surface area contributed by atoms with Crippen molar-refractivity contribution in [3.8, 4) is 5.75 Å². The molecule has 1 fully saturated rings. The highest BCUT2D eigenvalue weighted by atomic mass is 127. The molecule has 0 aliphatic carbocycles. The third-order valence-corrected chi connectivity index (χ3v) is 6.64. The lowest BCUT2D eigenvalue weighted by molar-refractivity contribution is -0.120. The number of halogens is 2. The molecule has 0 aromatic heterocycles. The van der Waals surface area contributed by atoms with E-state index in [0.717, 1.165) is 0 Å². The molecule has 1 heterocycles. The number of nitrogens with zero attached hydrogens (tertiary/aromatic N) is 2. The average molecular weight is 652 g/mol. The Morgan fingerprint density at radius 3 is 1.61 bits per heavy atom. The van der Waals surface area contributed by atoms with Crippen LogP contribution in [0.1, 0.15) is 5.56 Å². The first-order chi connectivity index (χ1) is 14.9. The third kappa shape index (κ3) is 4.23. The minimum absolute atomic E-state index is 0.0152. The molecule has 5 nitrogen and oxygen atoms in total. The van der Waals surface area contributed by atoms with Crippen LogP contribution in [0.2, 0.25) is 0 Å². The van der Waals surface area contributed by atoms with Crippen LogP contribution >= 0.6 is 57.4 Å². The maximum atomic E-state index is 13.4. The first-order valence-corrected chi connectivity index (χ1v) is 11.7. The second-order valence-corrected chi connectivity index (χ2v) is 9.32. The average Bonchev–Trinajstić information content (AvgIpc) is 2.76. The quantitative estimate of drug-likeness (QED) is 0.180. The molecule has 3 aromatic carbocycles. The van der Waals surface area contributed by atoms with Gasteiger partial charge in [-0.25, -0.2) is 0 Å². The maximum Gasteiger partial charge on any atom is 0.270 e. The number of phenolic OH excluding ortho intramolecular Hbond substituents is 1. The summed E-state index contributed by atoms with van der Waals surface area (Å²) in [5.41, 5.74) is 1.77. The Morgan fingerprint density at radius 2 is 1.19 bits per heavy atom. The van der Waals surface area contributed by atoms with Crippen molar-refractivity contribution >= 4 is 91.8 Å². The van der Waals surface area contributed by atoms with Gasteiger partial charge >= 0.3 is 0 Å². The number of hydrogen-bond donors (Lipinski definition) is 1. The highest BCUT2D eigenvalue weighted by Gasteiger charge is 2.41. The van der Waals surface area contributed by atoms with E-state index in [0.29, 0.717) is 24.1 Å². The molecule has 1 aliphatic heterocycles. The van der Waals surface area contributed by atoms with E-state index in [9.17, 15) is 14.7 Å². The van der Waals surface area contributed by atoms with Crippen molar-refractivity contribution in [3.05, 3.63) is 91.1 Å². The highest BCUT2D eigenvalue weighted by molar-refractivity contribution is 14.1. The van der Waals surface area contributed by atoms with Gasteiger partial charge in [0, 0.05) is 0 Å². The fourth-order valence-corrected chi connectivity index (χ4v) is 5.37. The molecule has 1 saturated heterocycles. The molecule has 31 heavy (non-hydrogen) atoms. The van der Waals surface area contributed by atoms with Crippen LogP contribution < -0.4 is 9.80 Å². The van der Waals surface area contributed by atoms with Crippen LogP contribution in [0, 0.1) is 7.14 Å². The van der Waals surface area contributed by atoms with Crippen molar-refractivity contribution in [1.29, 1.82) is 0 Å². The van der Waals surface area contributed by atoms with Gasteiger partial charge in [0.05, 0.1) is 18.5 Å². The van der Waals surface area contributed by atoms with Crippen molar-refractivity contribution in [3.63, 3.8) is 0 Å². The first kappa shape index (κ1) is 21.9. The molecule has 0 unspecified atom stereocenters. The Morgan fingerprint density at radius 1 is 0.774 bits per heavy atom. The van der Waals surface area contributed by atoms with Gasteiger partial charge in [-0.3, -0.25) is 19.4 Å². The zero-order chi connectivity index (χ0) is 22.1. The summed E-state index contributed by atoms with van der Waals surface area (Å²) in [6, 6.07) is 21.4. The molecule has 154 valence electrons. The Balaban J connectivity index is 1.88. The van der Waals surface area contributed by atoms with Crippen molar-refractivity contribution < 1.29 is 14.7 Å². The second kappa shape index (κ2) is 9.05. The molecule has 1 aliphatic rings. The number of carbonyl (C=O) groups excluding carboxylic acids is 2. The van der Waals surface area contributed by atoms with Crippen molar-refractivity contribution in [2.75, 3.05) is 9.80 Å². The van der Waals surface area contributed by atoms with Gasteiger partial charge in [0.25, 0.3) is 11.8 Å². The predicted molar refractivity (Wildman–Crippen MR) is 142 cm³/mol. The third-order valence-electron chi connectivity index (χ3n) is 4.63. The van der Waals surface area contributed by atoms with E-state index in [4.69, 9.17) is 12.2 Å². The molecule has 0 radical (unpaired) electrons. The summed E-state index contributed by atoms with van der Waals surface area (Å²) in [5.74, 6) is -0.819. The minimum Gasteiger partial charge on any atom is -0.506 e. The van der Waals surface area contributed by atoms with Gasteiger partial charge in [0.15, 0.2) is 5.11 Å². The lowest BCUT2D eigenvalue weighted by atomic mass is 10.0. The molecule has 4 rings (SSSR count). The number of benzene rings is 3. The molecule has 2 amide bonds. The number of thiocarbonyl (C=S) groups is 1. The van der Waals surface area contributed by atoms with E-state index in [-0.39, 0.29) is 16.4 Å². The van der Waals surface area contributed by atoms with Gasteiger partial charge in [-0.2, -0.15) is 0 Å². The molecule has 8 heteroatoms. The van der Waals surface area contributed by atoms with E-state index >= 15 is 0 Å². The van der Waals surface area contributed by atoms with Crippen LogP contribution in [0.15, 0.2) is 78.4 Å². The molecule has 0 spiro atoms. The van der Waals surface area contributed by atoms with Gasteiger partial charge in [0.1, 0.15) is 11.3 Å². The van der Waals surface area contributed by atoms with Gasteiger partial charge < -0.3 is 5.11 Å². The zero-order valence-electron chi connectivity index (χ0n) is 15.8. The minimum atomic E-state index is -0.494. The molecule has 1 N–H and O–H groups in total. The van der Waals surface area contributed by atoms with E-state index < -0.39 is 11.8 Å². The zero-order valence-corrected chi connectivity index (χ0v) is 21.0. The molecule has 0 saturated carbocycles. The van der Waals surface area contributed by atoms with E-state index in [1.165, 1.54) is 9.80 Å². The number of para-hydroxylation sites is 2. The van der Waals surface area contributed by atoms with Crippen LogP contribution in [-0.4, -0.2) is 22.0 Å². The smallest absolute Gasteiger partial charge is 0.270 e. The number of hydrogen-bond acceptors (Lipinski definition) is 4. The van der Waals surface area contributed by atoms with Crippen molar-refractivity contribution in [2.45, 2.75) is 0 Å². The van der Waals surface area contributed by atoms with Crippen LogP contribution in [0.3, 0.4) is 0 Å². The Hall–Kier alpha value is -2.31. The number of aromatic hydroxyl groups is 1. The standard InChI is InChI=1S/C23H14I2N2O3S/c24-18-12-14(13-19(25)20(18)28)11-17-21(29)26(15-7-3-1-4-8-15)23(31)27(22(17)30)16-9-5-2-6-10-16/h1-13,28H. The lowest BCUT2D eigenvalue weighted by Gasteiger charge is -2.36. The summed E-state index contributed by atoms with van der Waals surface area (Å²) < 4.78 is 1.25. The fourth-order valence-electron chi connectivity index (χ4n) is 3.17. The predicted octanol–water partition coefficient (Wildman–Crippen LogP) is 5.35. The Kier molecular flexibility index (Phi) is 6.39. The van der Waals surface area contributed by atoms with Crippen LogP contribution in [0.25, 0.3) is 6.08 Å². The molecule has 0 atom stereocenters. The Bertz CT molecular complexity index is 1140. The van der Waals surface area contributed by atoms with Gasteiger partial charge in [0.2, 0.25) is 0 Å². The number of anilines is 2. The molecule has 0 bridgehead atoms. The van der Waals surface area contributed by atoms with E-state index in [1.807, 2.05) is 81.6 Å². The van der Waals surface area contributed by atoms with Crippen molar-refractivity contribution in [1.82, 2.24) is 0 Å². The summed E-state index contributed by atoms with van der Waals surface area (Å²) in [7, 11) is 0. The second-order valence-electron chi connectivity index (χ2n) is 6.63. The van der Waals surface area contributed by atoms with Crippen molar-refractivity contribution in [2.24, 2.45) is 0 Å².